The number of aliphatic carboxylic acids is 1. The Bertz CT molecular complexity index is 407. The van der Waals surface area contributed by atoms with Crippen molar-refractivity contribution in [3.8, 4) is 0 Å². The number of rotatable bonds is 8. The van der Waals surface area contributed by atoms with Crippen molar-refractivity contribution >= 4 is 16.0 Å². The summed E-state index contributed by atoms with van der Waals surface area (Å²) < 4.78 is 26.8. The minimum absolute atomic E-state index is 0.0518. The second-order valence-electron chi connectivity index (χ2n) is 5.09. The molecule has 1 atom stereocenters. The molecule has 8 heteroatoms. The molecule has 0 aromatic rings. The number of nitrogens with one attached hydrogen (secondary N) is 1. The molecule has 20 heavy (non-hydrogen) atoms. The number of carboxylic acid groups (broad SMARTS) is 1. The standard InChI is InChI=1S/C12H25N3O4S/c1-2-7-15(10-3-5-14-6-4-10)20(18,19)11(9-13)8-12(16)17/h10-11,14H,2-9,13H2,1H3,(H,16,17). The lowest BCUT2D eigenvalue weighted by molar-refractivity contribution is -0.137. The predicted octanol–water partition coefficient (Wildman–Crippen LogP) is -0.418. The highest BCUT2D eigenvalue weighted by Crippen LogP contribution is 2.21. The minimum atomic E-state index is -3.67. The number of carboxylic acids is 1. The van der Waals surface area contributed by atoms with E-state index in [0.717, 1.165) is 25.9 Å². The average Bonchev–Trinajstić information content (AvgIpc) is 2.42. The zero-order valence-electron chi connectivity index (χ0n) is 11.9. The van der Waals surface area contributed by atoms with E-state index >= 15 is 0 Å². The van der Waals surface area contributed by atoms with Crippen LogP contribution in [0.1, 0.15) is 32.6 Å². The minimum Gasteiger partial charge on any atom is -0.481 e. The van der Waals surface area contributed by atoms with E-state index in [2.05, 4.69) is 5.32 Å². The Morgan fingerprint density at radius 2 is 2.05 bits per heavy atom. The van der Waals surface area contributed by atoms with Gasteiger partial charge in [0.15, 0.2) is 0 Å². The molecule has 0 bridgehead atoms. The molecule has 1 aliphatic heterocycles. The number of hydrogen-bond acceptors (Lipinski definition) is 5. The van der Waals surface area contributed by atoms with Crippen molar-refractivity contribution < 1.29 is 18.3 Å². The van der Waals surface area contributed by atoms with E-state index in [9.17, 15) is 13.2 Å². The monoisotopic (exact) mass is 307 g/mol. The molecule has 1 aliphatic rings. The fourth-order valence-corrected chi connectivity index (χ4v) is 4.57. The van der Waals surface area contributed by atoms with Gasteiger partial charge in [-0.2, -0.15) is 4.31 Å². The van der Waals surface area contributed by atoms with Crippen molar-refractivity contribution in [2.24, 2.45) is 5.73 Å². The molecule has 1 saturated heterocycles. The summed E-state index contributed by atoms with van der Waals surface area (Å²) in [7, 11) is -3.67. The van der Waals surface area contributed by atoms with Crippen LogP contribution in [0.4, 0.5) is 0 Å². The molecule has 0 amide bonds. The molecule has 1 rings (SSSR count). The highest BCUT2D eigenvalue weighted by atomic mass is 32.2. The van der Waals surface area contributed by atoms with Crippen LogP contribution >= 0.6 is 0 Å². The number of sulfonamides is 1. The van der Waals surface area contributed by atoms with Gasteiger partial charge in [-0.3, -0.25) is 4.79 Å². The van der Waals surface area contributed by atoms with Crippen LogP contribution < -0.4 is 11.1 Å². The molecule has 4 N–H and O–H groups in total. The Kier molecular flexibility index (Phi) is 6.87. The summed E-state index contributed by atoms with van der Waals surface area (Å²) in [6.07, 6.45) is 1.77. The molecule has 118 valence electrons. The van der Waals surface area contributed by atoms with Crippen LogP contribution in [0.25, 0.3) is 0 Å². The Labute approximate surface area is 120 Å². The maximum atomic E-state index is 12.6. The number of nitrogens with zero attached hydrogens (tertiary/aromatic N) is 1. The molecule has 0 radical (unpaired) electrons. The fraction of sp³-hybridized carbons (Fsp3) is 0.917. The first kappa shape index (κ1) is 17.4. The van der Waals surface area contributed by atoms with E-state index in [1.54, 1.807) is 0 Å². The van der Waals surface area contributed by atoms with E-state index in [1.165, 1.54) is 4.31 Å². The van der Waals surface area contributed by atoms with E-state index in [0.29, 0.717) is 13.0 Å². The van der Waals surface area contributed by atoms with E-state index in [4.69, 9.17) is 10.8 Å². The summed E-state index contributed by atoms with van der Waals surface area (Å²) in [5.74, 6) is -1.13. The van der Waals surface area contributed by atoms with Crippen LogP contribution in [-0.4, -0.2) is 61.3 Å². The predicted molar refractivity (Wildman–Crippen MR) is 76.9 cm³/mol. The lowest BCUT2D eigenvalue weighted by Gasteiger charge is -2.35. The maximum absolute atomic E-state index is 12.6. The van der Waals surface area contributed by atoms with E-state index in [1.807, 2.05) is 6.92 Å². The molecule has 0 aliphatic carbocycles. The van der Waals surface area contributed by atoms with Gasteiger partial charge >= 0.3 is 5.97 Å². The molecule has 1 fully saturated rings. The van der Waals surface area contributed by atoms with Gasteiger partial charge in [0.25, 0.3) is 0 Å². The lowest BCUT2D eigenvalue weighted by atomic mass is 10.1. The topological polar surface area (TPSA) is 113 Å². The first-order valence-electron chi connectivity index (χ1n) is 7.06. The molecule has 0 spiro atoms. The summed E-state index contributed by atoms with van der Waals surface area (Å²) in [4.78, 5) is 10.8. The Hall–Kier alpha value is -0.700. The summed E-state index contributed by atoms with van der Waals surface area (Å²) in [5.41, 5.74) is 5.49. The molecule has 7 nitrogen and oxygen atoms in total. The quantitative estimate of drug-likeness (QED) is 0.561. The van der Waals surface area contributed by atoms with Gasteiger partial charge < -0.3 is 16.2 Å². The van der Waals surface area contributed by atoms with Crippen LogP contribution in [0, 0.1) is 0 Å². The van der Waals surface area contributed by atoms with Gasteiger partial charge in [0, 0.05) is 19.1 Å². The number of carbonyl (C=O) groups is 1. The SMILES string of the molecule is CCCN(C1CCNCC1)S(=O)(=O)C(CN)CC(=O)O. The van der Waals surface area contributed by atoms with Gasteiger partial charge in [0.05, 0.1) is 11.7 Å². The van der Waals surface area contributed by atoms with Crippen molar-refractivity contribution in [1.82, 2.24) is 9.62 Å². The van der Waals surface area contributed by atoms with E-state index < -0.39 is 27.7 Å². The molecule has 0 saturated carbocycles. The maximum Gasteiger partial charge on any atom is 0.304 e. The first-order valence-corrected chi connectivity index (χ1v) is 8.57. The summed E-state index contributed by atoms with van der Waals surface area (Å²) in [6.45, 7) is 3.74. The van der Waals surface area contributed by atoms with Gasteiger partial charge in [0.2, 0.25) is 10.0 Å². The Balaban J connectivity index is 2.93. The zero-order valence-corrected chi connectivity index (χ0v) is 12.7. The molecule has 0 aromatic heterocycles. The normalized spacial score (nSPS) is 19.1. The summed E-state index contributed by atoms with van der Waals surface area (Å²) in [6, 6.07) is -0.0518. The number of hydrogen-bond donors (Lipinski definition) is 3. The highest BCUT2D eigenvalue weighted by molar-refractivity contribution is 7.89. The van der Waals surface area contributed by atoms with Crippen molar-refractivity contribution in [2.45, 2.75) is 43.9 Å². The number of nitrogens with two attached hydrogens (primary N) is 1. The van der Waals surface area contributed by atoms with Crippen LogP contribution in [0.2, 0.25) is 0 Å². The van der Waals surface area contributed by atoms with Gasteiger partial charge in [-0.1, -0.05) is 6.92 Å². The van der Waals surface area contributed by atoms with Gasteiger partial charge in [0.1, 0.15) is 0 Å². The summed E-state index contributed by atoms with van der Waals surface area (Å²) in [5, 5.41) is 11.0. The van der Waals surface area contributed by atoms with Crippen molar-refractivity contribution in [2.75, 3.05) is 26.2 Å². The van der Waals surface area contributed by atoms with Crippen LogP contribution in [0.15, 0.2) is 0 Å². The third-order valence-electron chi connectivity index (χ3n) is 3.57. The van der Waals surface area contributed by atoms with Crippen molar-refractivity contribution in [3.05, 3.63) is 0 Å². The van der Waals surface area contributed by atoms with Gasteiger partial charge in [-0.15, -0.1) is 0 Å². The third-order valence-corrected chi connectivity index (χ3v) is 5.91. The molecule has 1 heterocycles. The summed E-state index contributed by atoms with van der Waals surface area (Å²) >= 11 is 0. The van der Waals surface area contributed by atoms with Crippen LogP contribution in [0.5, 0.6) is 0 Å². The number of piperidine rings is 1. The largest absolute Gasteiger partial charge is 0.481 e. The fourth-order valence-electron chi connectivity index (χ4n) is 2.53. The van der Waals surface area contributed by atoms with Crippen molar-refractivity contribution in [3.63, 3.8) is 0 Å². The third kappa shape index (κ3) is 4.41. The molecule has 1 unspecified atom stereocenters. The van der Waals surface area contributed by atoms with Gasteiger partial charge in [-0.25, -0.2) is 8.42 Å². The second-order valence-corrected chi connectivity index (χ2v) is 7.26. The highest BCUT2D eigenvalue weighted by Gasteiger charge is 2.36. The smallest absolute Gasteiger partial charge is 0.304 e. The van der Waals surface area contributed by atoms with Crippen molar-refractivity contribution in [1.29, 1.82) is 0 Å². The van der Waals surface area contributed by atoms with Crippen LogP contribution in [0.3, 0.4) is 0 Å². The lowest BCUT2D eigenvalue weighted by Crippen LogP contribution is -2.51. The van der Waals surface area contributed by atoms with E-state index in [-0.39, 0.29) is 12.6 Å². The average molecular weight is 307 g/mol. The van der Waals surface area contributed by atoms with Gasteiger partial charge in [-0.05, 0) is 32.4 Å². The van der Waals surface area contributed by atoms with Crippen LogP contribution in [-0.2, 0) is 14.8 Å². The molecular weight excluding hydrogens is 282 g/mol. The first-order chi connectivity index (χ1) is 9.43. The molecule has 0 aromatic carbocycles. The Morgan fingerprint density at radius 3 is 2.50 bits per heavy atom. The zero-order chi connectivity index (χ0) is 15.2. The second kappa shape index (κ2) is 7.92. The molecular formula is C12H25N3O4S. The Morgan fingerprint density at radius 1 is 1.45 bits per heavy atom.